The van der Waals surface area contributed by atoms with E-state index < -0.39 is 5.91 Å². The summed E-state index contributed by atoms with van der Waals surface area (Å²) < 4.78 is 10.2. The number of hydrogen-bond acceptors (Lipinski definition) is 3. The molecule has 2 bridgehead atoms. The summed E-state index contributed by atoms with van der Waals surface area (Å²) in [6.45, 7) is 0.130. The molecule has 0 aliphatic carbocycles. The molecule has 0 saturated carbocycles. The van der Waals surface area contributed by atoms with Crippen molar-refractivity contribution in [2.45, 2.75) is 0 Å². The maximum Gasteiger partial charge on any atom is 0.252 e. The average molecular weight is 165 g/mol. The molecule has 1 amide bonds. The zero-order chi connectivity index (χ0) is 8.55. The van der Waals surface area contributed by atoms with Crippen molar-refractivity contribution in [3.63, 3.8) is 0 Å². The van der Waals surface area contributed by atoms with Crippen LogP contribution in [0.25, 0.3) is 0 Å². The maximum atomic E-state index is 10.8. The van der Waals surface area contributed by atoms with Gasteiger partial charge in [-0.25, -0.2) is 0 Å². The molecule has 0 atom stereocenters. The lowest BCUT2D eigenvalue weighted by molar-refractivity contribution is 0.0990. The predicted molar refractivity (Wildman–Crippen MR) is 41.1 cm³/mol. The van der Waals surface area contributed by atoms with Crippen LogP contribution in [0.3, 0.4) is 0 Å². The molecular weight excluding hydrogens is 158 g/mol. The van der Waals surface area contributed by atoms with E-state index in [4.69, 9.17) is 15.2 Å². The number of carbonyl (C=O) groups is 1. The van der Waals surface area contributed by atoms with Crippen LogP contribution in [0.1, 0.15) is 10.4 Å². The Bertz CT molecular complexity index is 335. The molecule has 4 nitrogen and oxygen atoms in total. The van der Waals surface area contributed by atoms with Crippen molar-refractivity contribution >= 4 is 5.91 Å². The molecule has 1 aromatic rings. The van der Waals surface area contributed by atoms with Gasteiger partial charge in [0.05, 0.1) is 5.56 Å². The molecule has 0 radical (unpaired) electrons. The summed E-state index contributed by atoms with van der Waals surface area (Å²) in [5, 5.41) is 0. The fourth-order valence-electron chi connectivity index (χ4n) is 1.08. The van der Waals surface area contributed by atoms with E-state index in [0.717, 1.165) is 0 Å². The highest BCUT2D eigenvalue weighted by Gasteiger charge is 2.14. The van der Waals surface area contributed by atoms with E-state index in [1.807, 2.05) is 0 Å². The molecule has 3 rings (SSSR count). The molecule has 12 heavy (non-hydrogen) atoms. The third kappa shape index (κ3) is 0.972. The highest BCUT2D eigenvalue weighted by atomic mass is 16.7. The number of benzene rings is 1. The van der Waals surface area contributed by atoms with Crippen molar-refractivity contribution in [3.8, 4) is 11.5 Å². The number of rotatable bonds is 1. The van der Waals surface area contributed by atoms with Crippen LogP contribution >= 0.6 is 0 Å². The van der Waals surface area contributed by atoms with Gasteiger partial charge >= 0.3 is 0 Å². The summed E-state index contributed by atoms with van der Waals surface area (Å²) in [5.74, 6) is 0.575. The first-order chi connectivity index (χ1) is 5.77. The second-order valence-corrected chi connectivity index (χ2v) is 2.43. The van der Waals surface area contributed by atoms with E-state index in [0.29, 0.717) is 17.1 Å². The van der Waals surface area contributed by atoms with Crippen molar-refractivity contribution in [1.29, 1.82) is 0 Å². The molecule has 0 saturated heterocycles. The zero-order valence-electron chi connectivity index (χ0n) is 6.24. The molecule has 2 aliphatic rings. The van der Waals surface area contributed by atoms with Gasteiger partial charge < -0.3 is 15.2 Å². The second-order valence-electron chi connectivity index (χ2n) is 2.43. The summed E-state index contributed by atoms with van der Waals surface area (Å²) in [6.07, 6.45) is 0. The Balaban J connectivity index is 2.56. The van der Waals surface area contributed by atoms with E-state index in [1.165, 1.54) is 0 Å². The van der Waals surface area contributed by atoms with Gasteiger partial charge in [0.2, 0.25) is 6.79 Å². The first kappa shape index (κ1) is 6.97. The number of fused-ring (bicyclic) bond motifs is 4. The van der Waals surface area contributed by atoms with Crippen LogP contribution in [0.4, 0.5) is 0 Å². The third-order valence-electron chi connectivity index (χ3n) is 1.66. The van der Waals surface area contributed by atoms with Gasteiger partial charge in [0.15, 0.2) is 0 Å². The first-order valence-corrected chi connectivity index (χ1v) is 3.47. The molecule has 62 valence electrons. The summed E-state index contributed by atoms with van der Waals surface area (Å²) in [5.41, 5.74) is 5.48. The Morgan fingerprint density at radius 1 is 1.42 bits per heavy atom. The first-order valence-electron chi connectivity index (χ1n) is 3.47. The van der Waals surface area contributed by atoms with Gasteiger partial charge in [-0.3, -0.25) is 4.79 Å². The highest BCUT2D eigenvalue weighted by molar-refractivity contribution is 5.96. The minimum absolute atomic E-state index is 0.130. The Morgan fingerprint density at radius 2 is 2.25 bits per heavy atom. The SMILES string of the molecule is NC(=O)c1cc2ccc1OCO2. The average Bonchev–Trinajstić information content (AvgIpc) is 2.36. The van der Waals surface area contributed by atoms with Crippen LogP contribution < -0.4 is 15.2 Å². The largest absolute Gasteiger partial charge is 0.457 e. The lowest BCUT2D eigenvalue weighted by atomic mass is 10.2. The van der Waals surface area contributed by atoms with Gasteiger partial charge in [-0.15, -0.1) is 0 Å². The van der Waals surface area contributed by atoms with Crippen molar-refractivity contribution < 1.29 is 14.3 Å². The summed E-state index contributed by atoms with van der Waals surface area (Å²) in [7, 11) is 0. The number of ether oxygens (including phenoxy) is 2. The van der Waals surface area contributed by atoms with Gasteiger partial charge in [-0.2, -0.15) is 0 Å². The molecular formula is C8H7NO3. The van der Waals surface area contributed by atoms with Crippen LogP contribution in [0.2, 0.25) is 0 Å². The zero-order valence-corrected chi connectivity index (χ0v) is 6.24. The Labute approximate surface area is 68.9 Å². The Kier molecular flexibility index (Phi) is 1.40. The van der Waals surface area contributed by atoms with E-state index in [1.54, 1.807) is 18.2 Å². The van der Waals surface area contributed by atoms with E-state index in [2.05, 4.69) is 0 Å². The van der Waals surface area contributed by atoms with Crippen LogP contribution in [0.15, 0.2) is 18.2 Å². The van der Waals surface area contributed by atoms with Crippen LogP contribution in [-0.2, 0) is 0 Å². The normalized spacial score (nSPS) is 13.0. The molecule has 0 unspecified atom stereocenters. The van der Waals surface area contributed by atoms with Crippen LogP contribution in [-0.4, -0.2) is 12.7 Å². The maximum absolute atomic E-state index is 10.8. The topological polar surface area (TPSA) is 61.6 Å². The molecule has 0 fully saturated rings. The standard InChI is InChI=1S/C8H7NO3/c9-8(10)6-3-5-1-2-7(6)12-4-11-5/h1-3H,4H2,(H2,9,10). The number of hydrogen-bond donors (Lipinski definition) is 1. The molecule has 2 heterocycles. The van der Waals surface area contributed by atoms with Crippen LogP contribution in [0, 0.1) is 0 Å². The molecule has 2 N–H and O–H groups in total. The van der Waals surface area contributed by atoms with Crippen molar-refractivity contribution in [2.24, 2.45) is 5.73 Å². The fraction of sp³-hybridized carbons (Fsp3) is 0.125. The summed E-state index contributed by atoms with van der Waals surface area (Å²) >= 11 is 0. The lowest BCUT2D eigenvalue weighted by Gasteiger charge is -2.00. The van der Waals surface area contributed by atoms with E-state index in [9.17, 15) is 4.79 Å². The smallest absolute Gasteiger partial charge is 0.252 e. The molecule has 4 heteroatoms. The van der Waals surface area contributed by atoms with Crippen molar-refractivity contribution in [2.75, 3.05) is 6.79 Å². The van der Waals surface area contributed by atoms with E-state index >= 15 is 0 Å². The quantitative estimate of drug-likeness (QED) is 0.659. The number of amides is 1. The van der Waals surface area contributed by atoms with Crippen molar-refractivity contribution in [3.05, 3.63) is 23.8 Å². The summed E-state index contributed by atoms with van der Waals surface area (Å²) in [6, 6.07) is 4.97. The fourth-order valence-corrected chi connectivity index (χ4v) is 1.08. The lowest BCUT2D eigenvalue weighted by Crippen LogP contribution is -2.11. The monoisotopic (exact) mass is 165 g/mol. The van der Waals surface area contributed by atoms with Gasteiger partial charge in [0.1, 0.15) is 11.5 Å². The minimum atomic E-state index is -0.502. The molecule has 1 aromatic carbocycles. The molecule has 0 spiro atoms. The van der Waals surface area contributed by atoms with Gasteiger partial charge in [-0.1, -0.05) is 0 Å². The number of carbonyl (C=O) groups excluding carboxylic acids is 1. The van der Waals surface area contributed by atoms with E-state index in [-0.39, 0.29) is 6.79 Å². The number of primary amides is 1. The van der Waals surface area contributed by atoms with Gasteiger partial charge in [0.25, 0.3) is 5.91 Å². The Hall–Kier alpha value is -1.71. The highest BCUT2D eigenvalue weighted by Crippen LogP contribution is 2.26. The third-order valence-corrected chi connectivity index (χ3v) is 1.66. The molecule has 0 aromatic heterocycles. The van der Waals surface area contributed by atoms with Crippen molar-refractivity contribution in [1.82, 2.24) is 0 Å². The predicted octanol–water partition coefficient (Wildman–Crippen LogP) is 0.514. The van der Waals surface area contributed by atoms with Gasteiger partial charge in [-0.05, 0) is 18.2 Å². The summed E-state index contributed by atoms with van der Waals surface area (Å²) in [4.78, 5) is 10.8. The Morgan fingerprint density at radius 3 is 3.00 bits per heavy atom. The minimum Gasteiger partial charge on any atom is -0.457 e. The second kappa shape index (κ2) is 2.41. The molecule has 2 aliphatic heterocycles. The van der Waals surface area contributed by atoms with Gasteiger partial charge in [0, 0.05) is 0 Å². The number of nitrogens with two attached hydrogens (primary N) is 1. The van der Waals surface area contributed by atoms with Crippen LogP contribution in [0.5, 0.6) is 11.5 Å².